The summed E-state index contributed by atoms with van der Waals surface area (Å²) < 4.78 is 2.02. The zero-order valence-corrected chi connectivity index (χ0v) is 21.2. The minimum Gasteiger partial charge on any atom is -0.336 e. The summed E-state index contributed by atoms with van der Waals surface area (Å²) in [5, 5.41) is 5.29. The Balaban J connectivity index is 1.21. The Morgan fingerprint density at radius 3 is 1.80 bits per heavy atom. The van der Waals surface area contributed by atoms with Gasteiger partial charge in [0.25, 0.3) is 5.91 Å². The first-order valence-electron chi connectivity index (χ1n) is 14.4. The molecule has 1 aromatic heterocycles. The molecule has 0 radical (unpaired) electrons. The van der Waals surface area contributed by atoms with Crippen molar-refractivity contribution in [1.82, 2.24) is 14.7 Å². The van der Waals surface area contributed by atoms with Crippen LogP contribution in [-0.2, 0) is 5.41 Å². The molecule has 8 aliphatic carbocycles. The number of carbonyl (C=O) groups is 1. The zero-order valence-electron chi connectivity index (χ0n) is 21.2. The van der Waals surface area contributed by atoms with E-state index in [0.717, 1.165) is 52.5 Å². The van der Waals surface area contributed by atoms with E-state index in [0.29, 0.717) is 0 Å². The largest absolute Gasteiger partial charge is 0.336 e. The fourth-order valence-corrected chi connectivity index (χ4v) is 10.9. The third-order valence-corrected chi connectivity index (χ3v) is 11.5. The average Bonchev–Trinajstić information content (AvgIpc) is 3.29. The molecule has 10 rings (SSSR count). The van der Waals surface area contributed by atoms with Crippen LogP contribution < -0.4 is 0 Å². The van der Waals surface area contributed by atoms with E-state index in [4.69, 9.17) is 5.10 Å². The summed E-state index contributed by atoms with van der Waals surface area (Å²) in [6, 6.07) is 10.4. The van der Waals surface area contributed by atoms with Crippen LogP contribution in [0.2, 0.25) is 0 Å². The third kappa shape index (κ3) is 3.10. The van der Waals surface area contributed by atoms with E-state index in [2.05, 4.69) is 48.5 Å². The summed E-state index contributed by atoms with van der Waals surface area (Å²) in [7, 11) is 2.14. The summed E-state index contributed by atoms with van der Waals surface area (Å²) in [6.45, 7) is 0. The lowest BCUT2D eigenvalue weighted by Gasteiger charge is -2.60. The molecule has 0 aliphatic heterocycles. The molecule has 0 spiro atoms. The molecule has 8 saturated carbocycles. The molecule has 2 aromatic rings. The van der Waals surface area contributed by atoms with Crippen molar-refractivity contribution in [3.8, 4) is 5.69 Å². The fourth-order valence-electron chi connectivity index (χ4n) is 10.9. The van der Waals surface area contributed by atoms with Gasteiger partial charge in [-0.05, 0) is 125 Å². The van der Waals surface area contributed by atoms with Gasteiger partial charge in [-0.25, -0.2) is 4.68 Å². The highest BCUT2D eigenvalue weighted by Crippen LogP contribution is 2.61. The van der Waals surface area contributed by atoms with Gasteiger partial charge < -0.3 is 4.90 Å². The third-order valence-electron chi connectivity index (χ3n) is 11.5. The highest BCUT2D eigenvalue weighted by molar-refractivity contribution is 5.96. The van der Waals surface area contributed by atoms with Crippen molar-refractivity contribution in [3.05, 3.63) is 47.8 Å². The van der Waals surface area contributed by atoms with Gasteiger partial charge in [0.15, 0.2) is 0 Å². The fraction of sp³-hybridized carbons (Fsp3) is 0.677. The van der Waals surface area contributed by atoms with E-state index in [1.54, 1.807) is 0 Å². The first-order chi connectivity index (χ1) is 17.0. The number of carbonyl (C=O) groups excluding carboxylic acids is 1. The van der Waals surface area contributed by atoms with Crippen LogP contribution in [0.15, 0.2) is 36.5 Å². The molecule has 0 unspecified atom stereocenters. The Labute approximate surface area is 209 Å². The van der Waals surface area contributed by atoms with Crippen molar-refractivity contribution >= 4 is 5.91 Å². The molecule has 8 fully saturated rings. The number of aromatic nitrogens is 2. The van der Waals surface area contributed by atoms with Gasteiger partial charge in [0.05, 0.1) is 16.9 Å². The first-order valence-corrected chi connectivity index (χ1v) is 14.4. The maximum atomic E-state index is 14.5. The standard InChI is InChI=1S/C31H39N3O/c1-33(31-16-23-10-24(17-31)12-25(11-23)18-31)29(35)27-19-34(26-5-3-2-4-6-26)32-28(27)30-13-20-7-21(14-30)9-22(8-20)15-30/h2-6,19-25H,7-18H2,1H3. The van der Waals surface area contributed by atoms with Crippen LogP contribution >= 0.6 is 0 Å². The predicted octanol–water partition coefficient (Wildman–Crippen LogP) is 6.38. The number of nitrogens with zero attached hydrogens (tertiary/aromatic N) is 3. The van der Waals surface area contributed by atoms with Gasteiger partial charge in [-0.2, -0.15) is 5.10 Å². The Hall–Kier alpha value is -2.10. The molecule has 1 aromatic carbocycles. The van der Waals surface area contributed by atoms with Gasteiger partial charge in [0.2, 0.25) is 0 Å². The lowest BCUT2D eigenvalue weighted by Crippen LogP contribution is -2.60. The van der Waals surface area contributed by atoms with Crippen LogP contribution in [0, 0.1) is 35.5 Å². The normalized spacial score (nSPS) is 42.5. The molecular weight excluding hydrogens is 430 g/mol. The molecule has 1 heterocycles. The lowest BCUT2D eigenvalue weighted by atomic mass is 9.48. The molecular formula is C31H39N3O. The van der Waals surface area contributed by atoms with Crippen LogP contribution in [-0.4, -0.2) is 33.2 Å². The highest BCUT2D eigenvalue weighted by atomic mass is 16.2. The zero-order chi connectivity index (χ0) is 23.4. The van der Waals surface area contributed by atoms with Gasteiger partial charge >= 0.3 is 0 Å². The SMILES string of the molecule is CN(C(=O)c1cn(-c2ccccc2)nc1C12CC3CC(CC(C3)C1)C2)C12CC3CC(CC(C3)C1)C2. The molecule has 0 saturated heterocycles. The molecule has 35 heavy (non-hydrogen) atoms. The molecule has 0 N–H and O–H groups in total. The van der Waals surface area contributed by atoms with Gasteiger partial charge in [-0.1, -0.05) is 18.2 Å². The van der Waals surface area contributed by atoms with Gasteiger partial charge in [0.1, 0.15) is 0 Å². The molecule has 8 bridgehead atoms. The molecule has 184 valence electrons. The van der Waals surface area contributed by atoms with Crippen molar-refractivity contribution < 1.29 is 4.79 Å². The molecule has 4 heteroatoms. The highest BCUT2D eigenvalue weighted by Gasteiger charge is 2.56. The van der Waals surface area contributed by atoms with E-state index < -0.39 is 0 Å². The number of hydrogen-bond donors (Lipinski definition) is 0. The molecule has 4 nitrogen and oxygen atoms in total. The Morgan fingerprint density at radius 2 is 1.29 bits per heavy atom. The predicted molar refractivity (Wildman–Crippen MR) is 136 cm³/mol. The van der Waals surface area contributed by atoms with Crippen molar-refractivity contribution in [1.29, 1.82) is 0 Å². The van der Waals surface area contributed by atoms with E-state index in [9.17, 15) is 4.79 Å². The molecule has 0 atom stereocenters. The van der Waals surface area contributed by atoms with Crippen LogP contribution in [0.3, 0.4) is 0 Å². The quantitative estimate of drug-likeness (QED) is 0.521. The topological polar surface area (TPSA) is 38.1 Å². The second-order valence-electron chi connectivity index (χ2n) is 13.9. The van der Waals surface area contributed by atoms with Crippen molar-refractivity contribution in [3.63, 3.8) is 0 Å². The van der Waals surface area contributed by atoms with E-state index >= 15 is 0 Å². The number of hydrogen-bond acceptors (Lipinski definition) is 2. The monoisotopic (exact) mass is 469 g/mol. The van der Waals surface area contributed by atoms with Crippen molar-refractivity contribution in [2.45, 2.75) is 88.0 Å². The lowest BCUT2D eigenvalue weighted by molar-refractivity contribution is -0.0667. The van der Waals surface area contributed by atoms with Crippen molar-refractivity contribution in [2.24, 2.45) is 35.5 Å². The minimum atomic E-state index is 0.0828. The smallest absolute Gasteiger partial charge is 0.257 e. The Kier molecular flexibility index (Phi) is 4.34. The second-order valence-corrected chi connectivity index (χ2v) is 13.9. The summed E-state index contributed by atoms with van der Waals surface area (Å²) in [4.78, 5) is 16.7. The van der Waals surface area contributed by atoms with Crippen LogP contribution in [0.1, 0.15) is 93.1 Å². The molecule has 1 amide bonds. The maximum absolute atomic E-state index is 14.5. The summed E-state index contributed by atoms with van der Waals surface area (Å²) in [5.41, 5.74) is 3.31. The minimum absolute atomic E-state index is 0.0828. The number of benzene rings is 1. The average molecular weight is 470 g/mol. The van der Waals surface area contributed by atoms with Crippen LogP contribution in [0.5, 0.6) is 0 Å². The van der Waals surface area contributed by atoms with Gasteiger partial charge in [-0.15, -0.1) is 0 Å². The number of amides is 1. The van der Waals surface area contributed by atoms with Crippen molar-refractivity contribution in [2.75, 3.05) is 7.05 Å². The van der Waals surface area contributed by atoms with Crippen LogP contribution in [0.25, 0.3) is 5.69 Å². The van der Waals surface area contributed by atoms with Gasteiger partial charge in [-0.3, -0.25) is 4.79 Å². The summed E-state index contributed by atoms with van der Waals surface area (Å²) >= 11 is 0. The Bertz CT molecular complexity index is 1090. The Morgan fingerprint density at radius 1 is 0.800 bits per heavy atom. The molecule has 8 aliphatic rings. The van der Waals surface area contributed by atoms with E-state index in [1.807, 2.05) is 4.68 Å². The maximum Gasteiger partial charge on any atom is 0.257 e. The second kappa shape index (κ2) is 7.23. The van der Waals surface area contributed by atoms with Gasteiger partial charge in [0, 0.05) is 24.2 Å². The van der Waals surface area contributed by atoms with E-state index in [-0.39, 0.29) is 16.9 Å². The van der Waals surface area contributed by atoms with E-state index in [1.165, 1.54) is 77.0 Å². The number of para-hydroxylation sites is 1. The summed E-state index contributed by atoms with van der Waals surface area (Å²) in [5.74, 6) is 5.29. The van der Waals surface area contributed by atoms with Crippen LogP contribution in [0.4, 0.5) is 0 Å². The first kappa shape index (κ1) is 21.0. The summed E-state index contributed by atoms with van der Waals surface area (Å²) in [6.07, 6.45) is 18.0. The number of rotatable bonds is 4.